The molecule has 0 spiro atoms. The van der Waals surface area contributed by atoms with E-state index in [1.807, 2.05) is 74.5 Å². The largest absolute Gasteiger partial charge is 0.489 e. The van der Waals surface area contributed by atoms with Gasteiger partial charge >= 0.3 is 0 Å². The van der Waals surface area contributed by atoms with Crippen molar-refractivity contribution >= 4 is 33.5 Å². The molecule has 0 radical (unpaired) electrons. The average Bonchev–Trinajstić information content (AvgIpc) is 3.32. The van der Waals surface area contributed by atoms with E-state index in [-0.39, 0.29) is 5.91 Å². The Balaban J connectivity index is 1.56. The molecule has 4 aromatic rings. The number of aromatic nitrogens is 4. The summed E-state index contributed by atoms with van der Waals surface area (Å²) in [5.41, 5.74) is 5.88. The maximum absolute atomic E-state index is 13.7. The zero-order valence-corrected chi connectivity index (χ0v) is 21.7. The Morgan fingerprint density at radius 2 is 1.81 bits per heavy atom. The predicted molar refractivity (Wildman–Crippen MR) is 142 cm³/mol. The second-order valence-corrected chi connectivity index (χ2v) is 9.60. The first kappa shape index (κ1) is 23.7. The van der Waals surface area contributed by atoms with Crippen molar-refractivity contribution in [3.63, 3.8) is 0 Å². The molecule has 5 rings (SSSR count). The van der Waals surface area contributed by atoms with E-state index in [0.29, 0.717) is 29.6 Å². The van der Waals surface area contributed by atoms with Gasteiger partial charge in [0.05, 0.1) is 5.57 Å². The van der Waals surface area contributed by atoms with Gasteiger partial charge < -0.3 is 15.4 Å². The van der Waals surface area contributed by atoms with Crippen LogP contribution in [-0.4, -0.2) is 26.1 Å². The molecule has 1 aromatic heterocycles. The summed E-state index contributed by atoms with van der Waals surface area (Å²) in [5, 5.41) is 18.4. The number of amides is 1. The lowest BCUT2D eigenvalue weighted by atomic mass is 9.94. The average molecular weight is 545 g/mol. The number of hydrogen-bond acceptors (Lipinski definition) is 6. The second-order valence-electron chi connectivity index (χ2n) is 8.68. The number of rotatable bonds is 6. The van der Waals surface area contributed by atoms with Crippen LogP contribution in [0, 0.1) is 13.8 Å². The Kier molecular flexibility index (Phi) is 6.56. The molecular weight excluding hydrogens is 520 g/mol. The molecule has 8 nitrogen and oxygen atoms in total. The summed E-state index contributed by atoms with van der Waals surface area (Å²) in [6, 6.07) is 20.9. The molecule has 1 amide bonds. The minimum atomic E-state index is -0.607. The Bertz CT molecular complexity index is 1480. The number of para-hydroxylation sites is 1. The van der Waals surface area contributed by atoms with E-state index in [1.54, 1.807) is 4.68 Å². The van der Waals surface area contributed by atoms with Gasteiger partial charge in [0.15, 0.2) is 0 Å². The van der Waals surface area contributed by atoms with Gasteiger partial charge in [-0.25, -0.2) is 0 Å². The zero-order valence-electron chi connectivity index (χ0n) is 20.1. The van der Waals surface area contributed by atoms with Crippen LogP contribution in [-0.2, 0) is 11.4 Å². The van der Waals surface area contributed by atoms with Gasteiger partial charge in [0.2, 0.25) is 5.95 Å². The first-order valence-electron chi connectivity index (χ1n) is 11.5. The van der Waals surface area contributed by atoms with Crippen LogP contribution in [0.5, 0.6) is 5.75 Å². The van der Waals surface area contributed by atoms with Gasteiger partial charge in [0.25, 0.3) is 5.91 Å². The number of hydrogen-bond donors (Lipinski definition) is 2. The lowest BCUT2D eigenvalue weighted by molar-refractivity contribution is -0.113. The first-order valence-corrected chi connectivity index (χ1v) is 12.3. The molecule has 1 atom stereocenters. The highest BCUT2D eigenvalue weighted by Gasteiger charge is 2.36. The number of carbonyl (C=O) groups excluding carboxylic acids is 1. The van der Waals surface area contributed by atoms with Crippen molar-refractivity contribution in [2.45, 2.75) is 33.4 Å². The minimum Gasteiger partial charge on any atom is -0.489 e. The SMILES string of the molecule is CC1=C(C(=O)Nc2ccccc2C)C(c2cc(Br)ccc2OCc2ccccc2C)n2nnnc2N1. The number of tetrazole rings is 1. The Morgan fingerprint density at radius 1 is 1.06 bits per heavy atom. The van der Waals surface area contributed by atoms with Gasteiger partial charge in [0.1, 0.15) is 18.4 Å². The lowest BCUT2D eigenvalue weighted by Gasteiger charge is -2.29. The third kappa shape index (κ3) is 4.61. The molecule has 2 N–H and O–H groups in total. The molecule has 2 heterocycles. The van der Waals surface area contributed by atoms with Crippen molar-refractivity contribution in [1.29, 1.82) is 0 Å². The monoisotopic (exact) mass is 544 g/mol. The summed E-state index contributed by atoms with van der Waals surface area (Å²) in [6.45, 7) is 6.26. The number of allylic oxidation sites excluding steroid dienone is 1. The predicted octanol–water partition coefficient (Wildman–Crippen LogP) is 5.56. The highest BCUT2D eigenvalue weighted by Crippen LogP contribution is 2.40. The first-order chi connectivity index (χ1) is 17.4. The van der Waals surface area contributed by atoms with E-state index < -0.39 is 6.04 Å². The maximum atomic E-state index is 13.7. The highest BCUT2D eigenvalue weighted by molar-refractivity contribution is 9.10. The molecule has 0 fully saturated rings. The summed E-state index contributed by atoms with van der Waals surface area (Å²) < 4.78 is 8.79. The number of nitrogens with zero attached hydrogens (tertiary/aromatic N) is 4. The molecule has 0 aliphatic carbocycles. The normalized spacial score (nSPS) is 14.7. The number of nitrogens with one attached hydrogen (secondary N) is 2. The standard InChI is InChI=1S/C27H25BrN6O2/c1-16-8-4-6-10-19(16)15-36-23-13-12-20(28)14-21(23)25-24(18(3)29-27-31-32-33-34(25)27)26(35)30-22-11-7-5-9-17(22)2/h4-14,25H,15H2,1-3H3,(H,30,35)(H,29,31,33). The molecule has 1 aliphatic rings. The molecule has 0 saturated carbocycles. The third-order valence-electron chi connectivity index (χ3n) is 6.26. The van der Waals surface area contributed by atoms with E-state index in [4.69, 9.17) is 4.74 Å². The minimum absolute atomic E-state index is 0.245. The number of benzene rings is 3. The fourth-order valence-electron chi connectivity index (χ4n) is 4.29. The fourth-order valence-corrected chi connectivity index (χ4v) is 4.67. The van der Waals surface area contributed by atoms with Crippen LogP contribution in [0.15, 0.2) is 82.5 Å². The number of anilines is 2. The quantitative estimate of drug-likeness (QED) is 0.330. The van der Waals surface area contributed by atoms with Crippen LogP contribution in [0.3, 0.4) is 0 Å². The molecule has 0 saturated heterocycles. The third-order valence-corrected chi connectivity index (χ3v) is 6.76. The fraction of sp³-hybridized carbons (Fsp3) is 0.185. The highest BCUT2D eigenvalue weighted by atomic mass is 79.9. The van der Waals surface area contributed by atoms with Crippen LogP contribution in [0.1, 0.15) is 35.2 Å². The topological polar surface area (TPSA) is 94.0 Å². The van der Waals surface area contributed by atoms with E-state index in [9.17, 15) is 4.79 Å². The van der Waals surface area contributed by atoms with E-state index in [1.165, 1.54) is 0 Å². The van der Waals surface area contributed by atoms with E-state index in [2.05, 4.69) is 55.1 Å². The van der Waals surface area contributed by atoms with Crippen molar-refractivity contribution in [2.75, 3.05) is 10.6 Å². The van der Waals surface area contributed by atoms with Crippen molar-refractivity contribution in [3.05, 3.63) is 105 Å². The molecule has 1 unspecified atom stereocenters. The molecule has 182 valence electrons. The van der Waals surface area contributed by atoms with Crippen LogP contribution < -0.4 is 15.4 Å². The van der Waals surface area contributed by atoms with Crippen molar-refractivity contribution in [1.82, 2.24) is 20.2 Å². The van der Waals surface area contributed by atoms with Gasteiger partial charge in [-0.05, 0) is 72.2 Å². The van der Waals surface area contributed by atoms with Crippen LogP contribution >= 0.6 is 15.9 Å². The molecule has 3 aromatic carbocycles. The maximum Gasteiger partial charge on any atom is 0.255 e. The number of halogens is 1. The van der Waals surface area contributed by atoms with Gasteiger partial charge in [-0.15, -0.1) is 0 Å². The summed E-state index contributed by atoms with van der Waals surface area (Å²) in [5.74, 6) is 0.851. The van der Waals surface area contributed by atoms with Crippen molar-refractivity contribution < 1.29 is 9.53 Å². The Labute approximate surface area is 217 Å². The summed E-state index contributed by atoms with van der Waals surface area (Å²) >= 11 is 3.59. The van der Waals surface area contributed by atoms with Crippen molar-refractivity contribution in [2.24, 2.45) is 0 Å². The molecule has 9 heteroatoms. The van der Waals surface area contributed by atoms with E-state index in [0.717, 1.165) is 32.4 Å². The van der Waals surface area contributed by atoms with Gasteiger partial charge in [-0.2, -0.15) is 4.68 Å². The van der Waals surface area contributed by atoms with Crippen LogP contribution in [0.2, 0.25) is 0 Å². The van der Waals surface area contributed by atoms with Crippen LogP contribution in [0.4, 0.5) is 11.6 Å². The second kappa shape index (κ2) is 9.94. The Hall–Kier alpha value is -3.98. The molecule has 0 bridgehead atoms. The summed E-state index contributed by atoms with van der Waals surface area (Å²) in [6.07, 6.45) is 0. The van der Waals surface area contributed by atoms with Gasteiger partial charge in [0, 0.05) is 21.4 Å². The van der Waals surface area contributed by atoms with Gasteiger partial charge in [-0.3, -0.25) is 4.79 Å². The number of carbonyl (C=O) groups is 1. The molecular formula is C27H25BrN6O2. The number of aryl methyl sites for hydroxylation is 2. The number of fused-ring (bicyclic) bond motifs is 1. The lowest BCUT2D eigenvalue weighted by Crippen LogP contribution is -2.32. The Morgan fingerprint density at radius 3 is 2.58 bits per heavy atom. The number of ether oxygens (including phenoxy) is 1. The van der Waals surface area contributed by atoms with Crippen molar-refractivity contribution in [3.8, 4) is 5.75 Å². The smallest absolute Gasteiger partial charge is 0.255 e. The zero-order chi connectivity index (χ0) is 25.2. The molecule has 1 aliphatic heterocycles. The van der Waals surface area contributed by atoms with Crippen LogP contribution in [0.25, 0.3) is 0 Å². The van der Waals surface area contributed by atoms with Gasteiger partial charge in [-0.1, -0.05) is 63.5 Å². The molecule has 36 heavy (non-hydrogen) atoms. The van der Waals surface area contributed by atoms with E-state index >= 15 is 0 Å². The summed E-state index contributed by atoms with van der Waals surface area (Å²) in [7, 11) is 0. The summed E-state index contributed by atoms with van der Waals surface area (Å²) in [4.78, 5) is 13.7.